The first kappa shape index (κ1) is 19.2. The molecule has 1 atom stereocenters. The third-order valence-electron chi connectivity index (χ3n) is 4.13. The molecule has 1 aromatic heterocycles. The molecule has 2 heterocycles. The number of carbonyl (C=O) groups is 2. The molecule has 3 rings (SSSR count). The van der Waals surface area contributed by atoms with E-state index in [0.717, 1.165) is 28.2 Å². The molecule has 0 saturated heterocycles. The van der Waals surface area contributed by atoms with Gasteiger partial charge in [0, 0.05) is 22.4 Å². The van der Waals surface area contributed by atoms with Crippen LogP contribution in [0.4, 0.5) is 0 Å². The Labute approximate surface area is 162 Å². The summed E-state index contributed by atoms with van der Waals surface area (Å²) in [5.41, 5.74) is 1.85. The van der Waals surface area contributed by atoms with Crippen LogP contribution in [0.2, 0.25) is 0 Å². The number of ether oxygens (including phenoxy) is 3. The highest BCUT2D eigenvalue weighted by Gasteiger charge is 2.22. The Bertz CT molecular complexity index is 845. The maximum Gasteiger partial charge on any atom is 0.325 e. The lowest BCUT2D eigenvalue weighted by Crippen LogP contribution is -2.30. The molecule has 1 unspecified atom stereocenters. The Morgan fingerprint density at radius 3 is 2.85 bits per heavy atom. The Hall–Kier alpha value is -2.54. The van der Waals surface area contributed by atoms with E-state index in [9.17, 15) is 9.59 Å². The van der Waals surface area contributed by atoms with E-state index < -0.39 is 5.97 Å². The Kier molecular flexibility index (Phi) is 6.01. The Morgan fingerprint density at radius 1 is 1.33 bits per heavy atom. The summed E-state index contributed by atoms with van der Waals surface area (Å²) in [6.07, 6.45) is 0.965. The van der Waals surface area contributed by atoms with Gasteiger partial charge in [-0.2, -0.15) is 0 Å². The zero-order valence-corrected chi connectivity index (χ0v) is 16.5. The van der Waals surface area contributed by atoms with Crippen LogP contribution in [-0.4, -0.2) is 31.1 Å². The first-order valence-corrected chi connectivity index (χ1v) is 9.73. The molecule has 1 aromatic carbocycles. The summed E-state index contributed by atoms with van der Waals surface area (Å²) in [6.45, 7) is 6.24. The molecule has 1 amide bonds. The Morgan fingerprint density at radius 2 is 2.15 bits per heavy atom. The van der Waals surface area contributed by atoms with E-state index in [0.29, 0.717) is 17.2 Å². The lowest BCUT2D eigenvalue weighted by atomic mass is 10.1. The fourth-order valence-corrected chi connectivity index (χ4v) is 3.67. The number of rotatable bonds is 7. The van der Waals surface area contributed by atoms with Crippen LogP contribution in [-0.2, 0) is 22.6 Å². The average molecular weight is 389 g/mol. The SMILES string of the molecule is CCOc1cc2c(cc1COC(=O)CNC(=O)c1ccc(C)s1)OC(C)C2. The van der Waals surface area contributed by atoms with E-state index in [1.807, 2.05) is 39.0 Å². The minimum absolute atomic E-state index is 0.0627. The fourth-order valence-electron chi connectivity index (χ4n) is 2.89. The van der Waals surface area contributed by atoms with Crippen LogP contribution in [0.3, 0.4) is 0 Å². The number of esters is 1. The highest BCUT2D eigenvalue weighted by atomic mass is 32.1. The van der Waals surface area contributed by atoms with E-state index in [1.165, 1.54) is 11.3 Å². The molecule has 7 heteroatoms. The second kappa shape index (κ2) is 8.43. The van der Waals surface area contributed by atoms with Crippen molar-refractivity contribution in [2.45, 2.75) is 39.9 Å². The van der Waals surface area contributed by atoms with Gasteiger partial charge < -0.3 is 19.5 Å². The molecule has 0 saturated carbocycles. The molecular weight excluding hydrogens is 366 g/mol. The van der Waals surface area contributed by atoms with Crippen LogP contribution in [0.1, 0.15) is 39.5 Å². The van der Waals surface area contributed by atoms with Gasteiger partial charge in [-0.1, -0.05) is 0 Å². The summed E-state index contributed by atoms with van der Waals surface area (Å²) in [5, 5.41) is 2.58. The minimum atomic E-state index is -0.506. The summed E-state index contributed by atoms with van der Waals surface area (Å²) < 4.78 is 16.7. The smallest absolute Gasteiger partial charge is 0.325 e. The Balaban J connectivity index is 1.56. The normalized spacial score (nSPS) is 15.0. The van der Waals surface area contributed by atoms with Crippen LogP contribution < -0.4 is 14.8 Å². The highest BCUT2D eigenvalue weighted by molar-refractivity contribution is 7.13. The standard InChI is InChI=1S/C20H23NO5S/c1-4-24-16-8-14-7-12(2)26-17(14)9-15(16)11-25-19(22)10-21-20(23)18-6-5-13(3)27-18/h5-6,8-9,12H,4,7,10-11H2,1-3H3,(H,21,23). The molecule has 1 aliphatic rings. The van der Waals surface area contributed by atoms with E-state index in [4.69, 9.17) is 14.2 Å². The number of hydrogen-bond donors (Lipinski definition) is 1. The quantitative estimate of drug-likeness (QED) is 0.736. The van der Waals surface area contributed by atoms with Gasteiger partial charge in [0.2, 0.25) is 0 Å². The summed E-state index contributed by atoms with van der Waals surface area (Å²) in [6, 6.07) is 7.42. The largest absolute Gasteiger partial charge is 0.493 e. The van der Waals surface area contributed by atoms with Crippen molar-refractivity contribution in [3.63, 3.8) is 0 Å². The number of thiophene rings is 1. The van der Waals surface area contributed by atoms with Crippen LogP contribution in [0.5, 0.6) is 11.5 Å². The van der Waals surface area contributed by atoms with Gasteiger partial charge in [0.25, 0.3) is 5.91 Å². The molecule has 0 radical (unpaired) electrons. The first-order valence-electron chi connectivity index (χ1n) is 8.91. The third kappa shape index (κ3) is 4.80. The number of carbonyl (C=O) groups excluding carboxylic acids is 2. The van der Waals surface area contributed by atoms with Gasteiger partial charge >= 0.3 is 5.97 Å². The zero-order chi connectivity index (χ0) is 19.4. The predicted molar refractivity (Wildman–Crippen MR) is 103 cm³/mol. The molecule has 6 nitrogen and oxygen atoms in total. The molecule has 2 aromatic rings. The molecular formula is C20H23NO5S. The van der Waals surface area contributed by atoms with Gasteiger partial charge in [0.05, 0.1) is 11.5 Å². The lowest BCUT2D eigenvalue weighted by molar-refractivity contribution is -0.143. The average Bonchev–Trinajstić information content (AvgIpc) is 3.22. The van der Waals surface area contributed by atoms with Crippen LogP contribution in [0, 0.1) is 6.92 Å². The number of nitrogens with one attached hydrogen (secondary N) is 1. The van der Waals surface area contributed by atoms with E-state index in [2.05, 4.69) is 5.32 Å². The molecule has 1 aliphatic heterocycles. The fraction of sp³-hybridized carbons (Fsp3) is 0.400. The number of aryl methyl sites for hydroxylation is 1. The van der Waals surface area contributed by atoms with Crippen molar-refractivity contribution in [2.75, 3.05) is 13.2 Å². The van der Waals surface area contributed by atoms with E-state index in [1.54, 1.807) is 6.07 Å². The van der Waals surface area contributed by atoms with Gasteiger partial charge in [0.1, 0.15) is 30.8 Å². The molecule has 144 valence electrons. The van der Waals surface area contributed by atoms with Crippen molar-refractivity contribution in [3.8, 4) is 11.5 Å². The second-order valence-corrected chi connectivity index (χ2v) is 7.67. The monoisotopic (exact) mass is 389 g/mol. The van der Waals surface area contributed by atoms with Crippen molar-refractivity contribution >= 4 is 23.2 Å². The van der Waals surface area contributed by atoms with Gasteiger partial charge in [-0.3, -0.25) is 9.59 Å². The summed E-state index contributed by atoms with van der Waals surface area (Å²) in [7, 11) is 0. The maximum absolute atomic E-state index is 12.0. The summed E-state index contributed by atoms with van der Waals surface area (Å²) >= 11 is 1.38. The molecule has 0 bridgehead atoms. The highest BCUT2D eigenvalue weighted by Crippen LogP contribution is 2.35. The first-order chi connectivity index (χ1) is 13.0. The van der Waals surface area contributed by atoms with Gasteiger partial charge in [0.15, 0.2) is 0 Å². The van der Waals surface area contributed by atoms with Crippen LogP contribution >= 0.6 is 11.3 Å². The maximum atomic E-state index is 12.0. The van der Waals surface area contributed by atoms with Crippen LogP contribution in [0.25, 0.3) is 0 Å². The van der Waals surface area contributed by atoms with Gasteiger partial charge in [-0.25, -0.2) is 0 Å². The van der Waals surface area contributed by atoms with Crippen molar-refractivity contribution < 1.29 is 23.8 Å². The predicted octanol–water partition coefficient (Wildman–Crippen LogP) is 3.25. The van der Waals surface area contributed by atoms with Crippen molar-refractivity contribution in [1.82, 2.24) is 5.32 Å². The molecule has 27 heavy (non-hydrogen) atoms. The number of amides is 1. The molecule has 0 spiro atoms. The number of benzene rings is 1. The molecule has 1 N–H and O–H groups in total. The van der Waals surface area contributed by atoms with Gasteiger partial charge in [-0.05, 0) is 45.0 Å². The minimum Gasteiger partial charge on any atom is -0.493 e. The van der Waals surface area contributed by atoms with E-state index in [-0.39, 0.29) is 25.2 Å². The lowest BCUT2D eigenvalue weighted by Gasteiger charge is -2.13. The van der Waals surface area contributed by atoms with Crippen molar-refractivity contribution in [1.29, 1.82) is 0 Å². The summed E-state index contributed by atoms with van der Waals surface area (Å²) in [4.78, 5) is 25.6. The third-order valence-corrected chi connectivity index (χ3v) is 5.12. The van der Waals surface area contributed by atoms with Crippen molar-refractivity contribution in [2.24, 2.45) is 0 Å². The topological polar surface area (TPSA) is 73.9 Å². The zero-order valence-electron chi connectivity index (χ0n) is 15.7. The van der Waals surface area contributed by atoms with E-state index >= 15 is 0 Å². The number of fused-ring (bicyclic) bond motifs is 1. The molecule has 0 aliphatic carbocycles. The van der Waals surface area contributed by atoms with Gasteiger partial charge in [-0.15, -0.1) is 11.3 Å². The molecule has 0 fully saturated rings. The summed E-state index contributed by atoms with van der Waals surface area (Å²) in [5.74, 6) is 0.715. The number of hydrogen-bond acceptors (Lipinski definition) is 6. The van der Waals surface area contributed by atoms with Crippen molar-refractivity contribution in [3.05, 3.63) is 45.1 Å². The van der Waals surface area contributed by atoms with Crippen LogP contribution in [0.15, 0.2) is 24.3 Å². The second-order valence-electron chi connectivity index (χ2n) is 6.39.